The van der Waals surface area contributed by atoms with E-state index in [9.17, 15) is 8.42 Å². The largest absolute Gasteiger partial charge is 0.319 e. The van der Waals surface area contributed by atoms with E-state index in [1.54, 1.807) is 7.05 Å². The molecule has 16 heavy (non-hydrogen) atoms. The summed E-state index contributed by atoms with van der Waals surface area (Å²) in [6.07, 6.45) is 2.03. The summed E-state index contributed by atoms with van der Waals surface area (Å²) in [5.74, 6) is 0.159. The summed E-state index contributed by atoms with van der Waals surface area (Å²) < 4.78 is 26.2. The van der Waals surface area contributed by atoms with E-state index < -0.39 is 10.0 Å². The van der Waals surface area contributed by atoms with Crippen LogP contribution in [0, 0.1) is 0 Å². The van der Waals surface area contributed by atoms with Crippen LogP contribution >= 0.6 is 0 Å². The Morgan fingerprint density at radius 2 is 2.19 bits per heavy atom. The Hall–Kier alpha value is -0.170. The first-order valence-corrected chi connectivity index (χ1v) is 7.59. The van der Waals surface area contributed by atoms with Crippen LogP contribution in [0.4, 0.5) is 0 Å². The van der Waals surface area contributed by atoms with Crippen LogP contribution in [-0.4, -0.2) is 58.3 Å². The van der Waals surface area contributed by atoms with Gasteiger partial charge in [0.1, 0.15) is 0 Å². The number of nitrogens with zero attached hydrogens (tertiary/aromatic N) is 1. The third-order valence-corrected chi connectivity index (χ3v) is 4.35. The normalized spacial score (nSPS) is 23.5. The first-order chi connectivity index (χ1) is 7.57. The van der Waals surface area contributed by atoms with Gasteiger partial charge in [-0.3, -0.25) is 0 Å². The van der Waals surface area contributed by atoms with E-state index in [1.165, 1.54) is 0 Å². The molecule has 5 nitrogen and oxygen atoms in total. The summed E-state index contributed by atoms with van der Waals surface area (Å²) in [5, 5.41) is 2.85. The number of sulfonamides is 1. The predicted octanol–water partition coefficient (Wildman–Crippen LogP) is -0.390. The second-order valence-electron chi connectivity index (χ2n) is 4.27. The number of nitrogens with one attached hydrogen (secondary N) is 2. The molecule has 6 heteroatoms. The lowest BCUT2D eigenvalue weighted by molar-refractivity contribution is 0.211. The Morgan fingerprint density at radius 3 is 2.81 bits per heavy atom. The third-order valence-electron chi connectivity index (χ3n) is 2.92. The molecule has 1 atom stereocenters. The van der Waals surface area contributed by atoms with Crippen molar-refractivity contribution in [3.05, 3.63) is 0 Å². The topological polar surface area (TPSA) is 61.4 Å². The SMILES string of the molecule is CCN1CCCC(NS(=O)(=O)CCNC)C1. The minimum absolute atomic E-state index is 0.0931. The number of likely N-dealkylation sites (N-methyl/N-ethyl adjacent to an activating group) is 1. The van der Waals surface area contributed by atoms with Crippen molar-refractivity contribution in [2.45, 2.75) is 25.8 Å². The summed E-state index contributed by atoms with van der Waals surface area (Å²) in [5.41, 5.74) is 0. The first kappa shape index (κ1) is 13.9. The Kier molecular flexibility index (Phi) is 5.68. The smallest absolute Gasteiger partial charge is 0.213 e. The van der Waals surface area contributed by atoms with Crippen LogP contribution in [0.3, 0.4) is 0 Å². The van der Waals surface area contributed by atoms with Crippen molar-refractivity contribution in [3.63, 3.8) is 0 Å². The van der Waals surface area contributed by atoms with Crippen LogP contribution in [0.1, 0.15) is 19.8 Å². The van der Waals surface area contributed by atoms with Crippen molar-refractivity contribution in [3.8, 4) is 0 Å². The highest BCUT2D eigenvalue weighted by molar-refractivity contribution is 7.89. The van der Waals surface area contributed by atoms with E-state index in [0.717, 1.165) is 32.5 Å². The van der Waals surface area contributed by atoms with Gasteiger partial charge in [0.2, 0.25) is 10.0 Å². The monoisotopic (exact) mass is 249 g/mol. The van der Waals surface area contributed by atoms with Gasteiger partial charge in [-0.05, 0) is 33.0 Å². The molecule has 0 spiro atoms. The van der Waals surface area contributed by atoms with Gasteiger partial charge in [-0.1, -0.05) is 6.92 Å². The van der Waals surface area contributed by atoms with Gasteiger partial charge in [0, 0.05) is 19.1 Å². The third kappa shape index (κ3) is 4.78. The van der Waals surface area contributed by atoms with Crippen molar-refractivity contribution in [2.75, 3.05) is 39.0 Å². The minimum atomic E-state index is -3.11. The van der Waals surface area contributed by atoms with Crippen molar-refractivity contribution in [1.29, 1.82) is 0 Å². The number of likely N-dealkylation sites (tertiary alicyclic amines) is 1. The molecule has 0 aromatic carbocycles. The van der Waals surface area contributed by atoms with Gasteiger partial charge in [0.15, 0.2) is 0 Å². The molecule has 1 aliphatic rings. The maximum atomic E-state index is 11.7. The molecule has 1 saturated heterocycles. The van der Waals surface area contributed by atoms with E-state index in [4.69, 9.17) is 0 Å². The summed E-state index contributed by atoms with van der Waals surface area (Å²) in [6.45, 7) is 5.53. The van der Waals surface area contributed by atoms with E-state index in [-0.39, 0.29) is 11.8 Å². The van der Waals surface area contributed by atoms with E-state index in [1.807, 2.05) is 0 Å². The quantitative estimate of drug-likeness (QED) is 0.673. The van der Waals surface area contributed by atoms with Crippen molar-refractivity contribution >= 4 is 10.0 Å². The van der Waals surface area contributed by atoms with Gasteiger partial charge in [0.25, 0.3) is 0 Å². The standard InChI is InChI=1S/C10H23N3O2S/c1-3-13-7-4-5-10(9-13)12-16(14,15)8-6-11-2/h10-12H,3-9H2,1-2H3. The second kappa shape index (κ2) is 6.54. The van der Waals surface area contributed by atoms with Crippen LogP contribution in [0.25, 0.3) is 0 Å². The molecule has 96 valence electrons. The van der Waals surface area contributed by atoms with Crippen LogP contribution in [0.15, 0.2) is 0 Å². The lowest BCUT2D eigenvalue weighted by Crippen LogP contribution is -2.48. The predicted molar refractivity (Wildman–Crippen MR) is 66.0 cm³/mol. The maximum Gasteiger partial charge on any atom is 0.213 e. The lowest BCUT2D eigenvalue weighted by atomic mass is 10.1. The summed E-state index contributed by atoms with van der Waals surface area (Å²) in [7, 11) is -1.36. The molecule has 2 N–H and O–H groups in total. The molecule has 1 aliphatic heterocycles. The molecule has 1 heterocycles. The molecule has 1 rings (SSSR count). The number of piperidine rings is 1. The molecule has 1 unspecified atom stereocenters. The van der Waals surface area contributed by atoms with E-state index >= 15 is 0 Å². The second-order valence-corrected chi connectivity index (χ2v) is 6.15. The zero-order valence-corrected chi connectivity index (χ0v) is 11.0. The average molecular weight is 249 g/mol. The van der Waals surface area contributed by atoms with Crippen LogP contribution < -0.4 is 10.0 Å². The van der Waals surface area contributed by atoms with Crippen LogP contribution in [0.2, 0.25) is 0 Å². The number of hydrogen-bond donors (Lipinski definition) is 2. The zero-order valence-electron chi connectivity index (χ0n) is 10.2. The van der Waals surface area contributed by atoms with Gasteiger partial charge in [-0.2, -0.15) is 0 Å². The summed E-state index contributed by atoms with van der Waals surface area (Å²) in [6, 6.07) is 0.0931. The molecular formula is C10H23N3O2S. The van der Waals surface area contributed by atoms with Crippen LogP contribution in [-0.2, 0) is 10.0 Å². The minimum Gasteiger partial charge on any atom is -0.319 e. The average Bonchev–Trinajstić information content (AvgIpc) is 2.26. The molecule has 0 aliphatic carbocycles. The Balaban J connectivity index is 2.40. The van der Waals surface area contributed by atoms with Gasteiger partial charge in [-0.15, -0.1) is 0 Å². The molecule has 0 bridgehead atoms. The van der Waals surface area contributed by atoms with Gasteiger partial charge in [-0.25, -0.2) is 13.1 Å². The fraction of sp³-hybridized carbons (Fsp3) is 1.00. The lowest BCUT2D eigenvalue weighted by Gasteiger charge is -2.32. The van der Waals surface area contributed by atoms with E-state index in [2.05, 4.69) is 21.9 Å². The fourth-order valence-corrected chi connectivity index (χ4v) is 3.28. The van der Waals surface area contributed by atoms with Crippen molar-refractivity contribution in [1.82, 2.24) is 14.9 Å². The van der Waals surface area contributed by atoms with E-state index in [0.29, 0.717) is 6.54 Å². The Morgan fingerprint density at radius 1 is 1.44 bits per heavy atom. The Bertz CT molecular complexity index is 292. The molecule has 0 radical (unpaired) electrons. The highest BCUT2D eigenvalue weighted by Crippen LogP contribution is 2.10. The molecule has 0 aromatic rings. The molecule has 0 aromatic heterocycles. The molecular weight excluding hydrogens is 226 g/mol. The molecule has 0 amide bonds. The highest BCUT2D eigenvalue weighted by atomic mass is 32.2. The Labute approximate surface area is 98.6 Å². The molecule has 0 saturated carbocycles. The molecule has 1 fully saturated rings. The van der Waals surface area contributed by atoms with Crippen molar-refractivity contribution < 1.29 is 8.42 Å². The first-order valence-electron chi connectivity index (χ1n) is 5.94. The van der Waals surface area contributed by atoms with Gasteiger partial charge < -0.3 is 10.2 Å². The maximum absolute atomic E-state index is 11.7. The van der Waals surface area contributed by atoms with Crippen LogP contribution in [0.5, 0.6) is 0 Å². The fourth-order valence-electron chi connectivity index (χ4n) is 1.99. The zero-order chi connectivity index (χ0) is 12.0. The summed E-state index contributed by atoms with van der Waals surface area (Å²) >= 11 is 0. The number of rotatable bonds is 6. The summed E-state index contributed by atoms with van der Waals surface area (Å²) in [4.78, 5) is 2.29. The van der Waals surface area contributed by atoms with Gasteiger partial charge in [0.05, 0.1) is 5.75 Å². The van der Waals surface area contributed by atoms with Crippen molar-refractivity contribution in [2.24, 2.45) is 0 Å². The number of hydrogen-bond acceptors (Lipinski definition) is 4. The van der Waals surface area contributed by atoms with Gasteiger partial charge >= 0.3 is 0 Å². The highest BCUT2D eigenvalue weighted by Gasteiger charge is 2.22.